The summed E-state index contributed by atoms with van der Waals surface area (Å²) in [5.74, 6) is 2.70. The first kappa shape index (κ1) is 14.4. The zero-order chi connectivity index (χ0) is 14.8. The van der Waals surface area contributed by atoms with Crippen LogP contribution in [0.3, 0.4) is 0 Å². The lowest BCUT2D eigenvalue weighted by atomic mass is 9.96. The van der Waals surface area contributed by atoms with Crippen LogP contribution >= 0.6 is 0 Å². The summed E-state index contributed by atoms with van der Waals surface area (Å²) in [4.78, 5) is 2.29. The fourth-order valence-electron chi connectivity index (χ4n) is 3.05. The van der Waals surface area contributed by atoms with E-state index < -0.39 is 0 Å². The van der Waals surface area contributed by atoms with Crippen molar-refractivity contribution in [3.8, 4) is 0 Å². The molecule has 1 atom stereocenters. The van der Waals surface area contributed by atoms with Gasteiger partial charge in [-0.25, -0.2) is 0 Å². The number of nitrogens with zero attached hydrogens (tertiary/aromatic N) is 1. The third-order valence-electron chi connectivity index (χ3n) is 4.33. The smallest absolute Gasteiger partial charge is 0.118 e. The summed E-state index contributed by atoms with van der Waals surface area (Å²) in [6.07, 6.45) is 2.63. The number of furan rings is 1. The molecule has 0 saturated heterocycles. The average molecular weight is 284 g/mol. The van der Waals surface area contributed by atoms with Gasteiger partial charge in [-0.3, -0.25) is 4.90 Å². The molecule has 2 aromatic rings. The van der Waals surface area contributed by atoms with Crippen molar-refractivity contribution in [3.05, 3.63) is 59.0 Å². The van der Waals surface area contributed by atoms with E-state index in [1.807, 2.05) is 19.1 Å². The van der Waals surface area contributed by atoms with Crippen molar-refractivity contribution >= 4 is 0 Å². The molecule has 0 bridgehead atoms. The predicted molar refractivity (Wildman–Crippen MR) is 85.1 cm³/mol. The molecule has 3 nitrogen and oxygen atoms in total. The molecule has 112 valence electrons. The number of benzene rings is 1. The van der Waals surface area contributed by atoms with Crippen molar-refractivity contribution in [1.82, 2.24) is 4.90 Å². The Labute approximate surface area is 126 Å². The van der Waals surface area contributed by atoms with Crippen LogP contribution in [0.25, 0.3) is 0 Å². The van der Waals surface area contributed by atoms with Gasteiger partial charge in [-0.15, -0.1) is 0 Å². The lowest BCUT2D eigenvalue weighted by Crippen LogP contribution is -2.30. The molecule has 1 aliphatic carbocycles. The van der Waals surface area contributed by atoms with E-state index in [9.17, 15) is 0 Å². The molecule has 0 radical (unpaired) electrons. The molecule has 2 N–H and O–H groups in total. The Morgan fingerprint density at radius 2 is 2.00 bits per heavy atom. The molecule has 1 unspecified atom stereocenters. The van der Waals surface area contributed by atoms with Crippen LogP contribution in [0, 0.1) is 6.92 Å². The van der Waals surface area contributed by atoms with E-state index >= 15 is 0 Å². The van der Waals surface area contributed by atoms with Crippen molar-refractivity contribution < 1.29 is 4.42 Å². The van der Waals surface area contributed by atoms with E-state index in [0.717, 1.165) is 24.0 Å². The quantitative estimate of drug-likeness (QED) is 0.881. The second kappa shape index (κ2) is 6.04. The second-order valence-corrected chi connectivity index (χ2v) is 6.08. The van der Waals surface area contributed by atoms with Crippen LogP contribution in [0.2, 0.25) is 0 Å². The van der Waals surface area contributed by atoms with E-state index in [4.69, 9.17) is 10.2 Å². The fourth-order valence-corrected chi connectivity index (χ4v) is 3.05. The van der Waals surface area contributed by atoms with Crippen molar-refractivity contribution in [2.45, 2.75) is 38.3 Å². The molecule has 0 spiro atoms. The highest BCUT2D eigenvalue weighted by atomic mass is 16.3. The molecule has 1 aromatic carbocycles. The van der Waals surface area contributed by atoms with Crippen molar-refractivity contribution in [2.75, 3.05) is 13.6 Å². The predicted octanol–water partition coefficient (Wildman–Crippen LogP) is 3.60. The molecule has 3 rings (SSSR count). The van der Waals surface area contributed by atoms with E-state index in [1.165, 1.54) is 24.0 Å². The van der Waals surface area contributed by atoms with Gasteiger partial charge in [0.1, 0.15) is 11.5 Å². The molecule has 1 heterocycles. The van der Waals surface area contributed by atoms with Crippen LogP contribution in [0.1, 0.15) is 47.4 Å². The first-order chi connectivity index (χ1) is 10.2. The van der Waals surface area contributed by atoms with Gasteiger partial charge < -0.3 is 10.2 Å². The summed E-state index contributed by atoms with van der Waals surface area (Å²) in [6.45, 7) is 3.39. The van der Waals surface area contributed by atoms with Crippen molar-refractivity contribution in [3.63, 3.8) is 0 Å². The SMILES string of the molecule is Cc1ccc(CN(C)C(CN)c2ccccc2C2CC2)o1. The molecule has 21 heavy (non-hydrogen) atoms. The summed E-state index contributed by atoms with van der Waals surface area (Å²) in [6, 6.07) is 13.1. The molecule has 1 aliphatic rings. The van der Waals surface area contributed by atoms with Gasteiger partial charge in [0.25, 0.3) is 0 Å². The zero-order valence-corrected chi connectivity index (χ0v) is 12.9. The Morgan fingerprint density at radius 3 is 2.62 bits per heavy atom. The Kier molecular flexibility index (Phi) is 4.13. The number of aryl methyl sites for hydroxylation is 1. The summed E-state index contributed by atoms with van der Waals surface area (Å²) in [5, 5.41) is 0. The topological polar surface area (TPSA) is 42.4 Å². The molecule has 1 aromatic heterocycles. The first-order valence-corrected chi connectivity index (χ1v) is 7.73. The molecule has 1 fully saturated rings. The highest BCUT2D eigenvalue weighted by Gasteiger charge is 2.29. The monoisotopic (exact) mass is 284 g/mol. The number of rotatable bonds is 6. The third-order valence-corrected chi connectivity index (χ3v) is 4.33. The van der Waals surface area contributed by atoms with Crippen LogP contribution in [0.5, 0.6) is 0 Å². The Morgan fingerprint density at radius 1 is 1.24 bits per heavy atom. The summed E-state index contributed by atoms with van der Waals surface area (Å²) in [7, 11) is 2.12. The molecule has 1 saturated carbocycles. The zero-order valence-electron chi connectivity index (χ0n) is 12.9. The normalized spacial score (nSPS) is 16.4. The maximum atomic E-state index is 6.08. The lowest BCUT2D eigenvalue weighted by molar-refractivity contribution is 0.221. The van der Waals surface area contributed by atoms with Gasteiger partial charge in [-0.2, -0.15) is 0 Å². The standard InChI is InChI=1S/C18H24N2O/c1-13-7-10-15(21-13)12-20(2)18(11-19)17-6-4-3-5-16(17)14-8-9-14/h3-7,10,14,18H,8-9,11-12,19H2,1-2H3. The first-order valence-electron chi connectivity index (χ1n) is 7.73. The van der Waals surface area contributed by atoms with Gasteiger partial charge in [-0.1, -0.05) is 24.3 Å². The van der Waals surface area contributed by atoms with Crippen LogP contribution in [0.4, 0.5) is 0 Å². The minimum Gasteiger partial charge on any atom is -0.465 e. The average Bonchev–Trinajstić information content (AvgIpc) is 3.24. The Hall–Kier alpha value is -1.58. The fraction of sp³-hybridized carbons (Fsp3) is 0.444. The molecule has 0 amide bonds. The van der Waals surface area contributed by atoms with E-state index in [2.05, 4.69) is 36.2 Å². The van der Waals surface area contributed by atoms with Gasteiger partial charge in [-0.05, 0) is 56.0 Å². The second-order valence-electron chi connectivity index (χ2n) is 6.08. The van der Waals surface area contributed by atoms with Crippen LogP contribution < -0.4 is 5.73 Å². The highest BCUT2D eigenvalue weighted by Crippen LogP contribution is 2.43. The van der Waals surface area contributed by atoms with Gasteiger partial charge in [0, 0.05) is 12.6 Å². The largest absolute Gasteiger partial charge is 0.465 e. The van der Waals surface area contributed by atoms with Gasteiger partial charge in [0.2, 0.25) is 0 Å². The van der Waals surface area contributed by atoms with Crippen LogP contribution in [0.15, 0.2) is 40.8 Å². The Balaban J connectivity index is 1.80. The minimum atomic E-state index is 0.243. The third kappa shape index (κ3) is 3.20. The number of likely N-dealkylation sites (N-methyl/N-ethyl adjacent to an activating group) is 1. The van der Waals surface area contributed by atoms with E-state index in [-0.39, 0.29) is 6.04 Å². The maximum Gasteiger partial charge on any atom is 0.118 e. The van der Waals surface area contributed by atoms with Gasteiger partial charge in [0.15, 0.2) is 0 Å². The van der Waals surface area contributed by atoms with Gasteiger partial charge in [0.05, 0.1) is 6.54 Å². The minimum absolute atomic E-state index is 0.243. The van der Waals surface area contributed by atoms with E-state index in [1.54, 1.807) is 0 Å². The lowest BCUT2D eigenvalue weighted by Gasteiger charge is -2.28. The Bertz CT molecular complexity index is 601. The number of nitrogens with two attached hydrogens (primary N) is 1. The molecule has 0 aliphatic heterocycles. The van der Waals surface area contributed by atoms with Gasteiger partial charge >= 0.3 is 0 Å². The van der Waals surface area contributed by atoms with Crippen molar-refractivity contribution in [2.24, 2.45) is 5.73 Å². The maximum absolute atomic E-state index is 6.08. The molecular weight excluding hydrogens is 260 g/mol. The number of hydrogen-bond acceptors (Lipinski definition) is 3. The number of hydrogen-bond donors (Lipinski definition) is 1. The van der Waals surface area contributed by atoms with Crippen LogP contribution in [-0.2, 0) is 6.54 Å². The highest BCUT2D eigenvalue weighted by molar-refractivity contribution is 5.35. The molecule has 3 heteroatoms. The van der Waals surface area contributed by atoms with Crippen molar-refractivity contribution in [1.29, 1.82) is 0 Å². The summed E-state index contributed by atoms with van der Waals surface area (Å²) >= 11 is 0. The summed E-state index contributed by atoms with van der Waals surface area (Å²) < 4.78 is 5.69. The summed E-state index contributed by atoms with van der Waals surface area (Å²) in [5.41, 5.74) is 8.95. The van der Waals surface area contributed by atoms with Crippen LogP contribution in [-0.4, -0.2) is 18.5 Å². The van der Waals surface area contributed by atoms with E-state index in [0.29, 0.717) is 6.54 Å². The molecular formula is C18H24N2O.